The number of nitrogens with one attached hydrogen (secondary N) is 1. The van der Waals surface area contributed by atoms with Gasteiger partial charge >= 0.3 is 0 Å². The minimum Gasteiger partial charge on any atom is -0.383 e. The van der Waals surface area contributed by atoms with Gasteiger partial charge in [-0.25, -0.2) is 0 Å². The lowest BCUT2D eigenvalue weighted by molar-refractivity contribution is 0.165. The fourth-order valence-corrected chi connectivity index (χ4v) is 2.32. The normalized spacial score (nSPS) is 12.6. The number of rotatable bonds is 6. The van der Waals surface area contributed by atoms with Crippen LogP contribution >= 0.6 is 23.2 Å². The smallest absolute Gasteiger partial charge is 0.228 e. The lowest BCUT2D eigenvalue weighted by Crippen LogP contribution is -2.32. The average molecular weight is 316 g/mol. The predicted molar refractivity (Wildman–Crippen MR) is 78.2 cm³/mol. The predicted octanol–water partition coefficient (Wildman–Crippen LogP) is 2.82. The molecule has 0 saturated carbocycles. The van der Waals surface area contributed by atoms with Crippen LogP contribution in [0, 0.1) is 0 Å². The summed E-state index contributed by atoms with van der Waals surface area (Å²) in [4.78, 5) is 4.34. The van der Waals surface area contributed by atoms with Crippen molar-refractivity contribution in [2.75, 3.05) is 20.8 Å². The maximum absolute atomic E-state index is 5.96. The van der Waals surface area contributed by atoms with E-state index < -0.39 is 0 Å². The maximum atomic E-state index is 5.96. The standard InChI is InChI=1S/C13H15Cl2N3O2/c1-16-11(7-19-2)6-12-17-13(18-20-12)8-3-9(14)5-10(15)4-8/h3-5,11,16H,6-7H2,1-2H3. The first-order valence-electron chi connectivity index (χ1n) is 6.07. The summed E-state index contributed by atoms with van der Waals surface area (Å²) in [6.45, 7) is 0.567. The molecule has 1 atom stereocenters. The number of methoxy groups -OCH3 is 1. The Hall–Kier alpha value is -1.14. The lowest BCUT2D eigenvalue weighted by atomic mass is 10.2. The minimum absolute atomic E-state index is 0.122. The highest BCUT2D eigenvalue weighted by molar-refractivity contribution is 6.35. The van der Waals surface area contributed by atoms with E-state index in [-0.39, 0.29) is 6.04 Å². The molecule has 2 rings (SSSR count). The van der Waals surface area contributed by atoms with E-state index in [1.165, 1.54) is 0 Å². The molecule has 20 heavy (non-hydrogen) atoms. The van der Waals surface area contributed by atoms with Crippen molar-refractivity contribution in [1.82, 2.24) is 15.5 Å². The number of ether oxygens (including phenoxy) is 1. The topological polar surface area (TPSA) is 60.2 Å². The third-order valence-electron chi connectivity index (χ3n) is 2.79. The molecular weight excluding hydrogens is 301 g/mol. The summed E-state index contributed by atoms with van der Waals surface area (Å²) < 4.78 is 10.3. The van der Waals surface area contributed by atoms with Crippen molar-refractivity contribution in [3.8, 4) is 11.4 Å². The summed E-state index contributed by atoms with van der Waals surface area (Å²) in [6.07, 6.45) is 0.589. The van der Waals surface area contributed by atoms with Gasteiger partial charge in [-0.05, 0) is 25.2 Å². The molecule has 1 unspecified atom stereocenters. The Morgan fingerprint density at radius 2 is 2.00 bits per heavy atom. The molecule has 5 nitrogen and oxygen atoms in total. The first-order chi connectivity index (χ1) is 9.62. The van der Waals surface area contributed by atoms with E-state index in [2.05, 4.69) is 15.5 Å². The Balaban J connectivity index is 2.15. The zero-order valence-corrected chi connectivity index (χ0v) is 12.7. The number of nitrogens with zero attached hydrogens (tertiary/aromatic N) is 2. The van der Waals surface area contributed by atoms with Gasteiger partial charge in [0, 0.05) is 35.2 Å². The van der Waals surface area contributed by atoms with Crippen molar-refractivity contribution >= 4 is 23.2 Å². The van der Waals surface area contributed by atoms with E-state index >= 15 is 0 Å². The molecule has 0 aliphatic carbocycles. The molecule has 0 aliphatic rings. The second kappa shape index (κ2) is 7.04. The highest BCUT2D eigenvalue weighted by Gasteiger charge is 2.14. The largest absolute Gasteiger partial charge is 0.383 e. The number of benzene rings is 1. The second-order valence-corrected chi connectivity index (χ2v) is 5.19. The highest BCUT2D eigenvalue weighted by Crippen LogP contribution is 2.25. The summed E-state index contributed by atoms with van der Waals surface area (Å²) in [6, 6.07) is 5.26. The van der Waals surface area contributed by atoms with Crippen molar-refractivity contribution < 1.29 is 9.26 Å². The molecule has 7 heteroatoms. The summed E-state index contributed by atoms with van der Waals surface area (Å²) in [7, 11) is 3.51. The molecule has 0 fully saturated rings. The zero-order chi connectivity index (χ0) is 14.5. The van der Waals surface area contributed by atoms with E-state index in [0.717, 1.165) is 5.56 Å². The van der Waals surface area contributed by atoms with Crippen molar-refractivity contribution in [2.24, 2.45) is 0 Å². The molecule has 0 saturated heterocycles. The van der Waals surface area contributed by atoms with E-state index in [1.807, 2.05) is 7.05 Å². The molecule has 0 radical (unpaired) electrons. The van der Waals surface area contributed by atoms with Crippen molar-refractivity contribution in [2.45, 2.75) is 12.5 Å². The van der Waals surface area contributed by atoms with Gasteiger partial charge in [0.2, 0.25) is 11.7 Å². The quantitative estimate of drug-likeness (QED) is 0.888. The molecule has 1 heterocycles. The number of likely N-dealkylation sites (N-methyl/N-ethyl adjacent to an activating group) is 1. The maximum Gasteiger partial charge on any atom is 0.228 e. The van der Waals surface area contributed by atoms with Crippen LogP contribution in [0.3, 0.4) is 0 Å². The second-order valence-electron chi connectivity index (χ2n) is 4.31. The van der Waals surface area contributed by atoms with Crippen LogP contribution in [0.5, 0.6) is 0 Å². The van der Waals surface area contributed by atoms with Gasteiger partial charge in [0.1, 0.15) is 0 Å². The lowest BCUT2D eigenvalue weighted by Gasteiger charge is -2.11. The summed E-state index contributed by atoms with van der Waals surface area (Å²) in [5.41, 5.74) is 0.727. The Morgan fingerprint density at radius 3 is 2.60 bits per heavy atom. The molecule has 0 amide bonds. The Morgan fingerprint density at radius 1 is 1.30 bits per heavy atom. The molecule has 1 aromatic heterocycles. The van der Waals surface area contributed by atoms with Gasteiger partial charge in [0.15, 0.2) is 0 Å². The number of halogens is 2. The summed E-state index contributed by atoms with van der Waals surface area (Å²) >= 11 is 11.9. The van der Waals surface area contributed by atoms with Gasteiger partial charge < -0.3 is 14.6 Å². The van der Waals surface area contributed by atoms with Gasteiger partial charge in [-0.15, -0.1) is 0 Å². The van der Waals surface area contributed by atoms with Gasteiger partial charge in [-0.2, -0.15) is 4.98 Å². The van der Waals surface area contributed by atoms with E-state index in [0.29, 0.717) is 34.8 Å². The Kier molecular flexibility index (Phi) is 5.37. The van der Waals surface area contributed by atoms with Crippen molar-refractivity contribution in [3.05, 3.63) is 34.1 Å². The molecular formula is C13H15Cl2N3O2. The highest BCUT2D eigenvalue weighted by atomic mass is 35.5. The fraction of sp³-hybridized carbons (Fsp3) is 0.385. The fourth-order valence-electron chi connectivity index (χ4n) is 1.79. The third-order valence-corrected chi connectivity index (χ3v) is 3.22. The van der Waals surface area contributed by atoms with Gasteiger partial charge in [-0.1, -0.05) is 28.4 Å². The number of hydrogen-bond donors (Lipinski definition) is 1. The van der Waals surface area contributed by atoms with Gasteiger partial charge in [0.05, 0.1) is 6.61 Å². The molecule has 108 valence electrons. The Bertz CT molecular complexity index is 554. The first-order valence-corrected chi connectivity index (χ1v) is 6.83. The molecule has 0 bridgehead atoms. The number of aromatic nitrogens is 2. The third kappa shape index (κ3) is 3.93. The van der Waals surface area contributed by atoms with Crippen LogP contribution in [0.1, 0.15) is 5.89 Å². The molecule has 1 aromatic carbocycles. The van der Waals surface area contributed by atoms with E-state index in [1.54, 1.807) is 25.3 Å². The van der Waals surface area contributed by atoms with Crippen LogP contribution in [-0.4, -0.2) is 36.9 Å². The van der Waals surface area contributed by atoms with Crippen LogP contribution < -0.4 is 5.32 Å². The summed E-state index contributed by atoms with van der Waals surface area (Å²) in [5, 5.41) is 8.14. The van der Waals surface area contributed by atoms with Crippen molar-refractivity contribution in [3.63, 3.8) is 0 Å². The van der Waals surface area contributed by atoms with Crippen LogP contribution in [0.4, 0.5) is 0 Å². The van der Waals surface area contributed by atoms with Crippen molar-refractivity contribution in [1.29, 1.82) is 0 Å². The van der Waals surface area contributed by atoms with Crippen LogP contribution in [0.25, 0.3) is 11.4 Å². The molecule has 2 aromatic rings. The van der Waals surface area contributed by atoms with Crippen LogP contribution in [0.15, 0.2) is 22.7 Å². The average Bonchev–Trinajstić information content (AvgIpc) is 2.85. The van der Waals surface area contributed by atoms with E-state index in [4.69, 9.17) is 32.5 Å². The monoisotopic (exact) mass is 315 g/mol. The Labute approximate surface area is 127 Å². The summed E-state index contributed by atoms with van der Waals surface area (Å²) in [5.74, 6) is 1.00. The van der Waals surface area contributed by atoms with Gasteiger partial charge in [0.25, 0.3) is 0 Å². The molecule has 0 aliphatic heterocycles. The van der Waals surface area contributed by atoms with Gasteiger partial charge in [-0.3, -0.25) is 0 Å². The molecule has 0 spiro atoms. The van der Waals surface area contributed by atoms with Crippen LogP contribution in [-0.2, 0) is 11.2 Å². The minimum atomic E-state index is 0.122. The van der Waals surface area contributed by atoms with E-state index in [9.17, 15) is 0 Å². The van der Waals surface area contributed by atoms with Crippen LogP contribution in [0.2, 0.25) is 10.0 Å². The number of hydrogen-bond acceptors (Lipinski definition) is 5. The first kappa shape index (κ1) is 15.3. The zero-order valence-electron chi connectivity index (χ0n) is 11.2. The molecule has 1 N–H and O–H groups in total. The SMILES string of the molecule is CNC(COC)Cc1nc(-c2cc(Cl)cc(Cl)c2)no1.